The third-order valence-electron chi connectivity index (χ3n) is 5.93. The van der Waals surface area contributed by atoms with Crippen molar-refractivity contribution in [2.75, 3.05) is 12.4 Å². The Morgan fingerprint density at radius 1 is 1.03 bits per heavy atom. The second kappa shape index (κ2) is 11.7. The fourth-order valence-corrected chi connectivity index (χ4v) is 4.88. The van der Waals surface area contributed by atoms with Crippen molar-refractivity contribution in [3.05, 3.63) is 89.6 Å². The average molecular weight is 509 g/mol. The predicted octanol–water partition coefficient (Wildman–Crippen LogP) is 6.82. The highest BCUT2D eigenvalue weighted by molar-refractivity contribution is 8.00. The normalized spacial score (nSPS) is 11.4. The molecule has 2 aromatic heterocycles. The molecule has 0 saturated carbocycles. The second-order valence-electron chi connectivity index (χ2n) is 8.66. The summed E-state index contributed by atoms with van der Waals surface area (Å²) in [6.45, 7) is 5.92. The van der Waals surface area contributed by atoms with Gasteiger partial charge in [-0.1, -0.05) is 48.5 Å². The number of hydrogen-bond acceptors (Lipinski definition) is 6. The van der Waals surface area contributed by atoms with E-state index in [-0.39, 0.29) is 5.91 Å². The summed E-state index contributed by atoms with van der Waals surface area (Å²) in [6.07, 6.45) is 2.22. The molecule has 0 aliphatic rings. The van der Waals surface area contributed by atoms with Gasteiger partial charge in [0.05, 0.1) is 23.6 Å². The molecule has 37 heavy (non-hydrogen) atoms. The molecule has 186 valence electrons. The minimum absolute atomic E-state index is 0.178. The van der Waals surface area contributed by atoms with E-state index in [1.54, 1.807) is 13.3 Å². The van der Waals surface area contributed by atoms with E-state index < -0.39 is 5.25 Å². The number of hydrogen-bond donors (Lipinski definition) is 1. The van der Waals surface area contributed by atoms with Gasteiger partial charge in [0.2, 0.25) is 5.91 Å². The number of benzene rings is 2. The van der Waals surface area contributed by atoms with E-state index in [4.69, 9.17) is 9.72 Å². The monoisotopic (exact) mass is 508 g/mol. The number of nitrogens with zero attached hydrogens (tertiary/aromatic N) is 3. The average Bonchev–Trinajstić information content (AvgIpc) is 2.91. The number of nitrogens with one attached hydrogen (secondary N) is 1. The van der Waals surface area contributed by atoms with Crippen LogP contribution in [0.3, 0.4) is 0 Å². The van der Waals surface area contributed by atoms with Crippen LogP contribution in [0.1, 0.15) is 30.0 Å². The van der Waals surface area contributed by atoms with E-state index in [0.717, 1.165) is 39.3 Å². The maximum absolute atomic E-state index is 13.2. The van der Waals surface area contributed by atoms with Crippen molar-refractivity contribution in [1.29, 1.82) is 5.26 Å². The smallest absolute Gasteiger partial charge is 0.239 e. The SMILES string of the molecule is CCC(Sc1nc(-c2ccc(OC)cc2)cc(-c2ccc(C)cc2)c1C#N)C(=O)Nc1cc(C)ccn1. The summed E-state index contributed by atoms with van der Waals surface area (Å²) >= 11 is 1.30. The minimum atomic E-state index is -0.459. The fourth-order valence-electron chi connectivity index (χ4n) is 3.85. The maximum Gasteiger partial charge on any atom is 0.239 e. The number of rotatable bonds is 8. The van der Waals surface area contributed by atoms with Gasteiger partial charge in [-0.15, -0.1) is 0 Å². The zero-order chi connectivity index (χ0) is 26.4. The quantitative estimate of drug-likeness (QED) is 0.263. The molecular weight excluding hydrogens is 480 g/mol. The first-order chi connectivity index (χ1) is 17.9. The second-order valence-corrected chi connectivity index (χ2v) is 9.86. The van der Waals surface area contributed by atoms with Gasteiger partial charge >= 0.3 is 0 Å². The zero-order valence-corrected chi connectivity index (χ0v) is 22.1. The summed E-state index contributed by atoms with van der Waals surface area (Å²) in [4.78, 5) is 22.3. The Kier molecular flexibility index (Phi) is 8.22. The van der Waals surface area contributed by atoms with Gasteiger partial charge in [-0.2, -0.15) is 5.26 Å². The molecule has 4 rings (SSSR count). The van der Waals surface area contributed by atoms with Crippen molar-refractivity contribution in [1.82, 2.24) is 9.97 Å². The molecular formula is C30H28N4O2S. The van der Waals surface area contributed by atoms with Crippen LogP contribution < -0.4 is 10.1 Å². The molecule has 0 radical (unpaired) electrons. The number of amides is 1. The molecule has 0 aliphatic heterocycles. The Balaban J connectivity index is 1.77. The first-order valence-corrected chi connectivity index (χ1v) is 12.9. The van der Waals surface area contributed by atoms with Crippen molar-refractivity contribution >= 4 is 23.5 Å². The summed E-state index contributed by atoms with van der Waals surface area (Å²) < 4.78 is 5.30. The molecule has 0 bridgehead atoms. The van der Waals surface area contributed by atoms with Crippen molar-refractivity contribution in [2.45, 2.75) is 37.5 Å². The minimum Gasteiger partial charge on any atom is -0.497 e. The first-order valence-electron chi connectivity index (χ1n) is 12.0. The van der Waals surface area contributed by atoms with Crippen molar-refractivity contribution in [3.63, 3.8) is 0 Å². The standard InChI is InChI=1S/C30H28N4O2S/c1-5-27(29(35)34-28-16-20(3)14-15-32-28)37-30-25(18-31)24(21-8-6-19(2)7-9-21)17-26(33-30)22-10-12-23(36-4)13-11-22/h6-17,27H,5H2,1-4H3,(H,32,34,35). The summed E-state index contributed by atoms with van der Waals surface area (Å²) in [7, 11) is 1.63. The van der Waals surface area contributed by atoms with E-state index in [0.29, 0.717) is 22.8 Å². The number of pyridine rings is 2. The van der Waals surface area contributed by atoms with Crippen molar-refractivity contribution in [3.8, 4) is 34.2 Å². The Morgan fingerprint density at radius 2 is 1.73 bits per heavy atom. The van der Waals surface area contributed by atoms with Crippen LogP contribution in [0.15, 0.2) is 78.0 Å². The fraction of sp³-hybridized carbons (Fsp3) is 0.200. The molecule has 4 aromatic rings. The van der Waals surface area contributed by atoms with Gasteiger partial charge in [-0.3, -0.25) is 4.79 Å². The lowest BCUT2D eigenvalue weighted by atomic mass is 9.98. The highest BCUT2D eigenvalue weighted by atomic mass is 32.2. The number of carbonyl (C=O) groups excluding carboxylic acids is 1. The summed E-state index contributed by atoms with van der Waals surface area (Å²) in [5.41, 5.74) is 5.90. The van der Waals surface area contributed by atoms with Crippen LogP contribution in [0, 0.1) is 25.2 Å². The lowest BCUT2D eigenvalue weighted by Crippen LogP contribution is -2.25. The van der Waals surface area contributed by atoms with Crippen LogP contribution in [-0.2, 0) is 4.79 Å². The topological polar surface area (TPSA) is 87.9 Å². The van der Waals surface area contributed by atoms with Crippen molar-refractivity contribution in [2.24, 2.45) is 0 Å². The molecule has 0 fully saturated rings. The van der Waals surface area contributed by atoms with Crippen LogP contribution in [0.2, 0.25) is 0 Å². The van der Waals surface area contributed by atoms with Gasteiger partial charge in [0, 0.05) is 17.3 Å². The number of methoxy groups -OCH3 is 1. The molecule has 2 aromatic carbocycles. The van der Waals surface area contributed by atoms with Crippen molar-refractivity contribution < 1.29 is 9.53 Å². The van der Waals surface area contributed by atoms with E-state index in [2.05, 4.69) is 16.4 Å². The molecule has 0 spiro atoms. The van der Waals surface area contributed by atoms with E-state index in [1.165, 1.54) is 11.8 Å². The predicted molar refractivity (Wildman–Crippen MR) is 149 cm³/mol. The molecule has 1 amide bonds. The number of nitriles is 1. The number of aryl methyl sites for hydroxylation is 2. The van der Waals surface area contributed by atoms with Gasteiger partial charge < -0.3 is 10.1 Å². The Hall–Kier alpha value is -4.15. The lowest BCUT2D eigenvalue weighted by Gasteiger charge is -2.17. The number of carbonyl (C=O) groups is 1. The molecule has 1 N–H and O–H groups in total. The summed E-state index contributed by atoms with van der Waals surface area (Å²) in [6, 6.07) is 23.7. The Bertz CT molecular complexity index is 1440. The molecule has 6 nitrogen and oxygen atoms in total. The van der Waals surface area contributed by atoms with E-state index >= 15 is 0 Å². The molecule has 2 heterocycles. The van der Waals surface area contributed by atoms with Crippen LogP contribution in [-0.4, -0.2) is 28.2 Å². The molecule has 1 atom stereocenters. The lowest BCUT2D eigenvalue weighted by molar-refractivity contribution is -0.115. The van der Waals surface area contributed by atoms with Gasteiger partial charge in [-0.05, 0) is 73.9 Å². The third-order valence-corrected chi connectivity index (χ3v) is 7.28. The van der Waals surface area contributed by atoms with Crippen LogP contribution in [0.4, 0.5) is 5.82 Å². The molecule has 0 saturated heterocycles. The van der Waals surface area contributed by atoms with Crippen LogP contribution >= 0.6 is 11.8 Å². The maximum atomic E-state index is 13.2. The Labute approximate surface area is 221 Å². The van der Waals surface area contributed by atoms with Gasteiger partial charge in [0.15, 0.2) is 0 Å². The number of ether oxygens (including phenoxy) is 1. The number of anilines is 1. The largest absolute Gasteiger partial charge is 0.497 e. The summed E-state index contributed by atoms with van der Waals surface area (Å²) in [5.74, 6) is 1.08. The highest BCUT2D eigenvalue weighted by Gasteiger charge is 2.24. The molecule has 0 aliphatic carbocycles. The zero-order valence-electron chi connectivity index (χ0n) is 21.3. The molecule has 1 unspecified atom stereocenters. The van der Waals surface area contributed by atoms with Crippen LogP contribution in [0.5, 0.6) is 5.75 Å². The molecule has 7 heteroatoms. The van der Waals surface area contributed by atoms with Gasteiger partial charge in [0.1, 0.15) is 22.7 Å². The van der Waals surface area contributed by atoms with E-state index in [9.17, 15) is 10.1 Å². The first kappa shape index (κ1) is 25.9. The highest BCUT2D eigenvalue weighted by Crippen LogP contribution is 2.37. The number of aromatic nitrogens is 2. The number of thioether (sulfide) groups is 1. The van der Waals surface area contributed by atoms with E-state index in [1.807, 2.05) is 87.5 Å². The Morgan fingerprint density at radius 3 is 2.35 bits per heavy atom. The van der Waals surface area contributed by atoms with Crippen LogP contribution in [0.25, 0.3) is 22.4 Å². The van der Waals surface area contributed by atoms with Gasteiger partial charge in [-0.25, -0.2) is 9.97 Å². The van der Waals surface area contributed by atoms with Gasteiger partial charge in [0.25, 0.3) is 0 Å². The third kappa shape index (κ3) is 6.16. The summed E-state index contributed by atoms with van der Waals surface area (Å²) in [5, 5.41) is 13.2.